The number of nitrogens with zero attached hydrogens (tertiary/aromatic N) is 5. The second-order valence-electron chi connectivity index (χ2n) is 7.59. The van der Waals surface area contributed by atoms with Crippen molar-refractivity contribution in [3.8, 4) is 11.4 Å². The van der Waals surface area contributed by atoms with E-state index >= 15 is 0 Å². The van der Waals surface area contributed by atoms with Gasteiger partial charge in [-0.1, -0.05) is 18.2 Å². The molecule has 1 unspecified atom stereocenters. The number of ether oxygens (including phenoxy) is 1. The van der Waals surface area contributed by atoms with Crippen LogP contribution in [0.25, 0.3) is 17.0 Å². The summed E-state index contributed by atoms with van der Waals surface area (Å²) in [6.45, 7) is 6.49. The number of rotatable bonds is 7. The number of hydrogen-bond donors (Lipinski definition) is 1. The van der Waals surface area contributed by atoms with E-state index in [1.165, 1.54) is 0 Å². The third-order valence-corrected chi connectivity index (χ3v) is 6.54. The summed E-state index contributed by atoms with van der Waals surface area (Å²) < 4.78 is 9.95. The van der Waals surface area contributed by atoms with Gasteiger partial charge in [0.05, 0.1) is 27.5 Å². The molecule has 0 aliphatic rings. The van der Waals surface area contributed by atoms with E-state index in [-0.39, 0.29) is 5.97 Å². The first-order chi connectivity index (χ1) is 15.4. The monoisotopic (exact) mass is 544 g/mol. The normalized spacial score (nSPS) is 12.2. The number of hydrogen-bond acceptors (Lipinski definition) is 6. The molecule has 0 aliphatic carbocycles. The summed E-state index contributed by atoms with van der Waals surface area (Å²) in [4.78, 5) is 21.5. The van der Waals surface area contributed by atoms with Gasteiger partial charge in [0, 0.05) is 37.6 Å². The second kappa shape index (κ2) is 9.27. The largest absolute Gasteiger partial charge is 0.465 e. The van der Waals surface area contributed by atoms with E-state index in [0.29, 0.717) is 18.8 Å². The van der Waals surface area contributed by atoms with Crippen molar-refractivity contribution >= 4 is 40.0 Å². The molecule has 3 heterocycles. The fourth-order valence-corrected chi connectivity index (χ4v) is 3.97. The quantitative estimate of drug-likeness (QED) is 0.276. The number of benzene rings is 1. The van der Waals surface area contributed by atoms with Gasteiger partial charge in [-0.2, -0.15) is 9.61 Å². The first-order valence-electron chi connectivity index (χ1n) is 10.4. The SMILES string of the molecule is CCOC(=O)C(C)c1cc(NCc2cccc(-c3nccn3C)c2)n2nc(C)c(I)c2n1. The number of aryl methyl sites for hydroxylation is 2. The Kier molecular flexibility index (Phi) is 6.45. The summed E-state index contributed by atoms with van der Waals surface area (Å²) >= 11 is 2.24. The Hall–Kier alpha value is -2.95. The summed E-state index contributed by atoms with van der Waals surface area (Å²) in [7, 11) is 1.98. The van der Waals surface area contributed by atoms with Gasteiger partial charge < -0.3 is 14.6 Å². The molecule has 4 rings (SSSR count). The molecule has 0 amide bonds. The summed E-state index contributed by atoms with van der Waals surface area (Å²) in [6.07, 6.45) is 3.73. The zero-order chi connectivity index (χ0) is 22.8. The van der Waals surface area contributed by atoms with E-state index in [2.05, 4.69) is 56.2 Å². The van der Waals surface area contributed by atoms with Crippen LogP contribution < -0.4 is 5.32 Å². The lowest BCUT2D eigenvalue weighted by molar-refractivity contribution is -0.144. The minimum absolute atomic E-state index is 0.288. The van der Waals surface area contributed by atoms with Gasteiger partial charge >= 0.3 is 5.97 Å². The van der Waals surface area contributed by atoms with Gasteiger partial charge in [0.15, 0.2) is 5.65 Å². The van der Waals surface area contributed by atoms with Crippen LogP contribution in [0.3, 0.4) is 0 Å². The highest BCUT2D eigenvalue weighted by atomic mass is 127. The van der Waals surface area contributed by atoms with E-state index in [1.807, 2.05) is 43.8 Å². The standard InChI is InChI=1S/C23H25IN6O2/c1-5-32-23(31)14(2)18-12-19(30-22(27-18)20(24)15(3)28-30)26-13-16-7-6-8-17(11-16)21-25-9-10-29(21)4/h6-12,14,26H,5,13H2,1-4H3. The summed E-state index contributed by atoms with van der Waals surface area (Å²) in [5.41, 5.74) is 4.42. The maximum atomic E-state index is 12.3. The molecule has 3 aromatic heterocycles. The highest BCUT2D eigenvalue weighted by Gasteiger charge is 2.22. The van der Waals surface area contributed by atoms with Gasteiger partial charge in [-0.3, -0.25) is 4.79 Å². The molecule has 9 heteroatoms. The first-order valence-corrected chi connectivity index (χ1v) is 11.5. The lowest BCUT2D eigenvalue weighted by Gasteiger charge is -2.14. The molecule has 0 saturated carbocycles. The van der Waals surface area contributed by atoms with Gasteiger partial charge in [0.1, 0.15) is 11.6 Å². The van der Waals surface area contributed by atoms with E-state index < -0.39 is 5.92 Å². The Morgan fingerprint density at radius 2 is 2.12 bits per heavy atom. The molecule has 4 aromatic rings. The van der Waals surface area contributed by atoms with Gasteiger partial charge in [0.25, 0.3) is 0 Å². The highest BCUT2D eigenvalue weighted by molar-refractivity contribution is 14.1. The van der Waals surface area contributed by atoms with Gasteiger partial charge in [-0.25, -0.2) is 9.97 Å². The van der Waals surface area contributed by atoms with Gasteiger partial charge in [0.2, 0.25) is 0 Å². The van der Waals surface area contributed by atoms with Crippen LogP contribution in [0, 0.1) is 10.5 Å². The Balaban J connectivity index is 1.66. The first kappa shape index (κ1) is 22.3. The lowest BCUT2D eigenvalue weighted by atomic mass is 10.1. The average Bonchev–Trinajstić information content (AvgIpc) is 3.35. The van der Waals surface area contributed by atoms with Crippen molar-refractivity contribution in [2.45, 2.75) is 33.2 Å². The van der Waals surface area contributed by atoms with Crippen LogP contribution in [0.1, 0.15) is 36.7 Å². The molecular formula is C23H25IN6O2. The van der Waals surface area contributed by atoms with Gasteiger partial charge in [-0.05, 0) is 55.0 Å². The van der Waals surface area contributed by atoms with Crippen LogP contribution >= 0.6 is 22.6 Å². The topological polar surface area (TPSA) is 86.3 Å². The minimum atomic E-state index is -0.474. The van der Waals surface area contributed by atoms with E-state index in [0.717, 1.165) is 37.7 Å². The number of esters is 1. The number of fused-ring (bicyclic) bond motifs is 1. The Bertz CT molecular complexity index is 1280. The van der Waals surface area contributed by atoms with Crippen molar-refractivity contribution in [2.75, 3.05) is 11.9 Å². The fourth-order valence-electron chi connectivity index (χ4n) is 3.51. The minimum Gasteiger partial charge on any atom is -0.465 e. The van der Waals surface area contributed by atoms with Crippen molar-refractivity contribution in [1.82, 2.24) is 24.1 Å². The Morgan fingerprint density at radius 1 is 1.31 bits per heavy atom. The molecule has 166 valence electrons. The van der Waals surface area contributed by atoms with Crippen LogP contribution in [0.2, 0.25) is 0 Å². The molecule has 32 heavy (non-hydrogen) atoms. The molecule has 0 saturated heterocycles. The van der Waals surface area contributed by atoms with Crippen LogP contribution in [0.4, 0.5) is 5.82 Å². The molecular weight excluding hydrogens is 519 g/mol. The number of aromatic nitrogens is 5. The smallest absolute Gasteiger partial charge is 0.314 e. The molecule has 0 spiro atoms. The Morgan fingerprint density at radius 3 is 2.84 bits per heavy atom. The van der Waals surface area contributed by atoms with Crippen molar-refractivity contribution < 1.29 is 9.53 Å². The number of carbonyl (C=O) groups is 1. The van der Waals surface area contributed by atoms with Crippen LogP contribution in [-0.4, -0.2) is 36.7 Å². The Labute approximate surface area is 200 Å². The molecule has 0 aliphatic heterocycles. The van der Waals surface area contributed by atoms with Crippen molar-refractivity contribution in [2.24, 2.45) is 7.05 Å². The zero-order valence-electron chi connectivity index (χ0n) is 18.5. The molecule has 1 N–H and O–H groups in total. The lowest BCUT2D eigenvalue weighted by Crippen LogP contribution is -2.16. The summed E-state index contributed by atoms with van der Waals surface area (Å²) in [5.74, 6) is 0.929. The number of carbonyl (C=O) groups excluding carboxylic acids is 1. The molecule has 8 nitrogen and oxygen atoms in total. The summed E-state index contributed by atoms with van der Waals surface area (Å²) in [5, 5.41) is 8.11. The fraction of sp³-hybridized carbons (Fsp3) is 0.304. The number of halogens is 1. The zero-order valence-corrected chi connectivity index (χ0v) is 20.6. The number of anilines is 1. The van der Waals surface area contributed by atoms with Crippen molar-refractivity contribution in [3.05, 3.63) is 63.2 Å². The predicted molar refractivity (Wildman–Crippen MR) is 131 cm³/mol. The van der Waals surface area contributed by atoms with E-state index in [1.54, 1.807) is 17.6 Å². The van der Waals surface area contributed by atoms with E-state index in [4.69, 9.17) is 9.72 Å². The molecule has 0 fully saturated rings. The second-order valence-corrected chi connectivity index (χ2v) is 8.67. The third-order valence-electron chi connectivity index (χ3n) is 5.28. The highest BCUT2D eigenvalue weighted by Crippen LogP contribution is 2.26. The third kappa shape index (κ3) is 4.34. The maximum absolute atomic E-state index is 12.3. The molecule has 1 atom stereocenters. The van der Waals surface area contributed by atoms with E-state index in [9.17, 15) is 4.79 Å². The van der Waals surface area contributed by atoms with Crippen LogP contribution in [-0.2, 0) is 23.1 Å². The number of nitrogens with one attached hydrogen (secondary N) is 1. The number of imidazole rings is 1. The summed E-state index contributed by atoms with van der Waals surface area (Å²) in [6, 6.07) is 10.1. The van der Waals surface area contributed by atoms with Gasteiger partial charge in [-0.15, -0.1) is 0 Å². The average molecular weight is 544 g/mol. The maximum Gasteiger partial charge on any atom is 0.314 e. The van der Waals surface area contributed by atoms with Crippen LogP contribution in [0.5, 0.6) is 0 Å². The molecule has 0 radical (unpaired) electrons. The molecule has 1 aromatic carbocycles. The predicted octanol–water partition coefficient (Wildman–Crippen LogP) is 4.32. The van der Waals surface area contributed by atoms with Crippen molar-refractivity contribution in [1.29, 1.82) is 0 Å². The van der Waals surface area contributed by atoms with Crippen LogP contribution in [0.15, 0.2) is 42.7 Å². The van der Waals surface area contributed by atoms with Crippen molar-refractivity contribution in [3.63, 3.8) is 0 Å². The molecule has 0 bridgehead atoms.